The lowest BCUT2D eigenvalue weighted by Gasteiger charge is -2.14. The molecule has 0 aromatic heterocycles. The Hall–Kier alpha value is -1.58. The second-order valence-electron chi connectivity index (χ2n) is 4.68. The van der Waals surface area contributed by atoms with E-state index in [-0.39, 0.29) is 11.9 Å². The quantitative estimate of drug-likeness (QED) is 0.877. The smallest absolute Gasteiger partial charge is 0.130 e. The van der Waals surface area contributed by atoms with Gasteiger partial charge in [0.15, 0.2) is 0 Å². The number of benzene rings is 2. The average molecular weight is 294 g/mol. The van der Waals surface area contributed by atoms with E-state index < -0.39 is 0 Å². The largest absolute Gasteiger partial charge is 0.457 e. The summed E-state index contributed by atoms with van der Waals surface area (Å²) >= 11 is 5.83. The summed E-state index contributed by atoms with van der Waals surface area (Å²) in [5.41, 5.74) is 6.71. The van der Waals surface area contributed by atoms with E-state index in [1.165, 1.54) is 12.1 Å². The second-order valence-corrected chi connectivity index (χ2v) is 5.12. The highest BCUT2D eigenvalue weighted by molar-refractivity contribution is 6.30. The van der Waals surface area contributed by atoms with Crippen LogP contribution in [0.2, 0.25) is 5.02 Å². The van der Waals surface area contributed by atoms with Gasteiger partial charge in [-0.15, -0.1) is 0 Å². The fourth-order valence-corrected chi connectivity index (χ4v) is 1.99. The zero-order valence-electron chi connectivity index (χ0n) is 11.3. The Bertz CT molecular complexity index is 571. The van der Waals surface area contributed by atoms with Crippen molar-refractivity contribution in [2.75, 3.05) is 0 Å². The van der Waals surface area contributed by atoms with Crippen molar-refractivity contribution in [3.63, 3.8) is 0 Å². The summed E-state index contributed by atoms with van der Waals surface area (Å²) in [6.07, 6.45) is 1.41. The number of hydrogen-bond acceptors (Lipinski definition) is 2. The SMILES string of the molecule is CCC(N)Cc1cc(F)ccc1Oc1ccc(Cl)cc1. The van der Waals surface area contributed by atoms with Crippen molar-refractivity contribution < 1.29 is 9.13 Å². The Labute approximate surface area is 123 Å². The summed E-state index contributed by atoms with van der Waals surface area (Å²) in [6, 6.07) is 11.5. The van der Waals surface area contributed by atoms with E-state index in [0.717, 1.165) is 12.0 Å². The molecule has 106 valence electrons. The van der Waals surface area contributed by atoms with Gasteiger partial charge in [0, 0.05) is 11.1 Å². The normalized spacial score (nSPS) is 12.2. The van der Waals surface area contributed by atoms with Crippen LogP contribution in [-0.4, -0.2) is 6.04 Å². The van der Waals surface area contributed by atoms with Gasteiger partial charge in [-0.25, -0.2) is 4.39 Å². The van der Waals surface area contributed by atoms with Crippen molar-refractivity contribution in [1.29, 1.82) is 0 Å². The molecule has 1 atom stereocenters. The Morgan fingerprint density at radius 2 is 1.90 bits per heavy atom. The Balaban J connectivity index is 2.23. The average Bonchev–Trinajstić information content (AvgIpc) is 2.44. The number of halogens is 2. The molecule has 2 rings (SSSR count). The monoisotopic (exact) mass is 293 g/mol. The van der Waals surface area contributed by atoms with Gasteiger partial charge in [0.25, 0.3) is 0 Å². The molecule has 2 nitrogen and oxygen atoms in total. The lowest BCUT2D eigenvalue weighted by atomic mass is 10.0. The molecule has 0 aliphatic carbocycles. The molecule has 1 unspecified atom stereocenters. The van der Waals surface area contributed by atoms with Crippen LogP contribution in [0.5, 0.6) is 11.5 Å². The summed E-state index contributed by atoms with van der Waals surface area (Å²) in [5.74, 6) is 0.997. The van der Waals surface area contributed by atoms with Crippen LogP contribution in [-0.2, 0) is 6.42 Å². The minimum absolute atomic E-state index is 0.00984. The number of nitrogens with two attached hydrogens (primary N) is 1. The summed E-state index contributed by atoms with van der Waals surface area (Å²) < 4.78 is 19.2. The molecule has 0 heterocycles. The van der Waals surface area contributed by atoms with E-state index in [1.807, 2.05) is 6.92 Å². The number of hydrogen-bond donors (Lipinski definition) is 1. The molecule has 0 radical (unpaired) electrons. The van der Waals surface area contributed by atoms with E-state index in [0.29, 0.717) is 22.9 Å². The summed E-state index contributed by atoms with van der Waals surface area (Å²) in [7, 11) is 0. The molecule has 0 fully saturated rings. The van der Waals surface area contributed by atoms with Crippen LogP contribution in [0, 0.1) is 5.82 Å². The van der Waals surface area contributed by atoms with Gasteiger partial charge in [-0.1, -0.05) is 18.5 Å². The van der Waals surface area contributed by atoms with Gasteiger partial charge in [-0.3, -0.25) is 0 Å². The standard InChI is InChI=1S/C16H17ClFNO/c1-2-14(19)10-11-9-13(18)5-8-16(11)20-15-6-3-12(17)4-7-15/h3-9,14H,2,10,19H2,1H3. The van der Waals surface area contributed by atoms with Gasteiger partial charge in [-0.05, 0) is 60.9 Å². The van der Waals surface area contributed by atoms with Crippen LogP contribution in [0.4, 0.5) is 4.39 Å². The Morgan fingerprint density at radius 1 is 1.20 bits per heavy atom. The number of rotatable bonds is 5. The van der Waals surface area contributed by atoms with Crippen molar-refractivity contribution >= 4 is 11.6 Å². The summed E-state index contributed by atoms with van der Waals surface area (Å²) in [4.78, 5) is 0. The molecule has 2 aromatic rings. The third kappa shape index (κ3) is 3.95. The predicted octanol–water partition coefficient (Wildman–Crippen LogP) is 4.55. The Morgan fingerprint density at radius 3 is 2.55 bits per heavy atom. The fraction of sp³-hybridized carbons (Fsp3) is 0.250. The zero-order chi connectivity index (χ0) is 14.5. The molecule has 0 aliphatic heterocycles. The molecule has 0 saturated heterocycles. The van der Waals surface area contributed by atoms with E-state index in [2.05, 4.69) is 0 Å². The van der Waals surface area contributed by atoms with Crippen molar-refractivity contribution in [3.05, 3.63) is 58.9 Å². The lowest BCUT2D eigenvalue weighted by Crippen LogP contribution is -2.21. The van der Waals surface area contributed by atoms with Gasteiger partial charge in [0.1, 0.15) is 17.3 Å². The summed E-state index contributed by atoms with van der Waals surface area (Å²) in [6.45, 7) is 2.00. The van der Waals surface area contributed by atoms with Gasteiger partial charge in [0.2, 0.25) is 0 Å². The third-order valence-corrected chi connectivity index (χ3v) is 3.32. The first-order valence-corrected chi connectivity index (χ1v) is 6.93. The molecule has 20 heavy (non-hydrogen) atoms. The highest BCUT2D eigenvalue weighted by atomic mass is 35.5. The predicted molar refractivity (Wildman–Crippen MR) is 79.9 cm³/mol. The topological polar surface area (TPSA) is 35.2 Å². The van der Waals surface area contributed by atoms with Crippen molar-refractivity contribution in [1.82, 2.24) is 0 Å². The van der Waals surface area contributed by atoms with Gasteiger partial charge < -0.3 is 10.5 Å². The van der Waals surface area contributed by atoms with E-state index >= 15 is 0 Å². The van der Waals surface area contributed by atoms with Crippen LogP contribution in [0.15, 0.2) is 42.5 Å². The van der Waals surface area contributed by atoms with Crippen molar-refractivity contribution in [2.45, 2.75) is 25.8 Å². The van der Waals surface area contributed by atoms with Crippen LogP contribution < -0.4 is 10.5 Å². The minimum atomic E-state index is -0.285. The maximum atomic E-state index is 13.4. The lowest BCUT2D eigenvalue weighted by molar-refractivity contribution is 0.469. The molecule has 0 saturated carbocycles. The van der Waals surface area contributed by atoms with Gasteiger partial charge in [0.05, 0.1) is 0 Å². The molecule has 0 amide bonds. The third-order valence-electron chi connectivity index (χ3n) is 3.07. The molecular weight excluding hydrogens is 277 g/mol. The summed E-state index contributed by atoms with van der Waals surface area (Å²) in [5, 5.41) is 0.643. The highest BCUT2D eigenvalue weighted by Gasteiger charge is 2.10. The van der Waals surface area contributed by atoms with Crippen molar-refractivity contribution in [2.24, 2.45) is 5.73 Å². The first-order chi connectivity index (χ1) is 9.58. The maximum absolute atomic E-state index is 13.4. The molecule has 2 aromatic carbocycles. The molecule has 0 aliphatic rings. The first kappa shape index (κ1) is 14.8. The molecule has 4 heteroatoms. The fourth-order valence-electron chi connectivity index (χ4n) is 1.86. The Kier molecular flexibility index (Phi) is 4.99. The van der Waals surface area contributed by atoms with E-state index in [4.69, 9.17) is 22.1 Å². The second kappa shape index (κ2) is 6.73. The van der Waals surface area contributed by atoms with Crippen LogP contribution in [0.1, 0.15) is 18.9 Å². The zero-order valence-corrected chi connectivity index (χ0v) is 12.0. The van der Waals surface area contributed by atoms with Crippen molar-refractivity contribution in [3.8, 4) is 11.5 Å². The first-order valence-electron chi connectivity index (χ1n) is 6.56. The molecule has 0 spiro atoms. The van der Waals surface area contributed by atoms with Crippen LogP contribution >= 0.6 is 11.6 Å². The number of ether oxygens (including phenoxy) is 1. The van der Waals surface area contributed by atoms with E-state index in [1.54, 1.807) is 30.3 Å². The molecule has 0 bridgehead atoms. The van der Waals surface area contributed by atoms with Gasteiger partial charge in [-0.2, -0.15) is 0 Å². The van der Waals surface area contributed by atoms with Crippen LogP contribution in [0.25, 0.3) is 0 Å². The molecular formula is C16H17ClFNO. The maximum Gasteiger partial charge on any atom is 0.130 e. The molecule has 2 N–H and O–H groups in total. The van der Waals surface area contributed by atoms with Crippen LogP contribution in [0.3, 0.4) is 0 Å². The van der Waals surface area contributed by atoms with Gasteiger partial charge >= 0.3 is 0 Å². The van der Waals surface area contributed by atoms with E-state index in [9.17, 15) is 4.39 Å². The minimum Gasteiger partial charge on any atom is -0.457 e. The highest BCUT2D eigenvalue weighted by Crippen LogP contribution is 2.28.